The van der Waals surface area contributed by atoms with Crippen molar-refractivity contribution in [1.29, 1.82) is 0 Å². The Bertz CT molecular complexity index is 1120. The number of anilines is 1. The summed E-state index contributed by atoms with van der Waals surface area (Å²) in [5, 5.41) is 1.28. The number of piperazine rings is 1. The molecule has 0 saturated carbocycles. The molecular formula is C26H32IN3O3. The smallest absolute Gasteiger partial charge is 0.214 e. The number of nitrogens with zero attached hydrogens (tertiary/aromatic N) is 3. The van der Waals surface area contributed by atoms with Crippen molar-refractivity contribution in [1.82, 2.24) is 4.90 Å². The molecule has 0 bridgehead atoms. The van der Waals surface area contributed by atoms with Gasteiger partial charge in [-0.05, 0) is 36.9 Å². The van der Waals surface area contributed by atoms with E-state index in [0.29, 0.717) is 17.2 Å². The summed E-state index contributed by atoms with van der Waals surface area (Å²) in [4.78, 5) is 4.88. The lowest BCUT2D eigenvalue weighted by Crippen LogP contribution is -3.00. The van der Waals surface area contributed by atoms with E-state index in [1.165, 1.54) is 16.6 Å². The summed E-state index contributed by atoms with van der Waals surface area (Å²) in [7, 11) is 9.19. The van der Waals surface area contributed by atoms with Crippen LogP contribution < -0.4 is 47.7 Å². The second kappa shape index (κ2) is 11.1. The molecule has 0 spiro atoms. The fraction of sp³-hybridized carbons (Fsp3) is 0.346. The van der Waals surface area contributed by atoms with Gasteiger partial charge in [-0.15, -0.1) is 0 Å². The zero-order chi connectivity index (χ0) is 22.7. The van der Waals surface area contributed by atoms with Crippen molar-refractivity contribution in [3.05, 3.63) is 53.7 Å². The number of pyridine rings is 1. The van der Waals surface area contributed by atoms with Crippen molar-refractivity contribution in [2.24, 2.45) is 7.05 Å². The van der Waals surface area contributed by atoms with Gasteiger partial charge in [-0.2, -0.15) is 4.57 Å². The van der Waals surface area contributed by atoms with E-state index in [1.54, 1.807) is 21.3 Å². The molecule has 6 nitrogen and oxygen atoms in total. The molecular weight excluding hydrogens is 529 g/mol. The molecule has 0 N–H and O–H groups in total. The third-order valence-electron chi connectivity index (χ3n) is 6.19. The zero-order valence-corrected chi connectivity index (χ0v) is 22.1. The minimum absolute atomic E-state index is 0. The first kappa shape index (κ1) is 25.1. The summed E-state index contributed by atoms with van der Waals surface area (Å²) in [6.07, 6.45) is 4.23. The molecule has 0 radical (unpaired) electrons. The average molecular weight is 561 g/mol. The van der Waals surface area contributed by atoms with Crippen LogP contribution in [-0.2, 0) is 7.05 Å². The Morgan fingerprint density at radius 3 is 2.09 bits per heavy atom. The number of hydrogen-bond acceptors (Lipinski definition) is 5. The maximum Gasteiger partial charge on any atom is 0.214 e. The van der Waals surface area contributed by atoms with E-state index in [0.717, 1.165) is 37.4 Å². The summed E-state index contributed by atoms with van der Waals surface area (Å²) in [6, 6.07) is 14.8. The largest absolute Gasteiger partial charge is 1.00 e. The van der Waals surface area contributed by atoms with Crippen LogP contribution in [0.25, 0.3) is 23.1 Å². The molecule has 176 valence electrons. The molecule has 0 atom stereocenters. The van der Waals surface area contributed by atoms with E-state index in [9.17, 15) is 0 Å². The Morgan fingerprint density at radius 2 is 1.48 bits per heavy atom. The number of aryl methyl sites for hydroxylation is 1. The van der Waals surface area contributed by atoms with Crippen LogP contribution in [0.3, 0.4) is 0 Å². The van der Waals surface area contributed by atoms with E-state index in [-0.39, 0.29) is 24.0 Å². The third-order valence-corrected chi connectivity index (χ3v) is 6.19. The van der Waals surface area contributed by atoms with Crippen LogP contribution in [0.2, 0.25) is 0 Å². The fourth-order valence-corrected chi connectivity index (χ4v) is 4.28. The van der Waals surface area contributed by atoms with E-state index >= 15 is 0 Å². The molecule has 33 heavy (non-hydrogen) atoms. The number of halogens is 1. The molecule has 1 fully saturated rings. The Kier molecular flexibility index (Phi) is 8.42. The molecule has 0 unspecified atom stereocenters. The second-order valence-corrected chi connectivity index (χ2v) is 8.11. The maximum atomic E-state index is 5.51. The molecule has 1 saturated heterocycles. The van der Waals surface area contributed by atoms with Gasteiger partial charge >= 0.3 is 0 Å². The lowest BCUT2D eigenvalue weighted by molar-refractivity contribution is -0.646. The van der Waals surface area contributed by atoms with Gasteiger partial charge in [-0.3, -0.25) is 0 Å². The van der Waals surface area contributed by atoms with Crippen molar-refractivity contribution in [2.75, 3.05) is 59.5 Å². The van der Waals surface area contributed by atoms with Crippen molar-refractivity contribution in [3.63, 3.8) is 0 Å². The highest BCUT2D eigenvalue weighted by Crippen LogP contribution is 2.38. The van der Waals surface area contributed by atoms with Gasteiger partial charge in [-0.1, -0.05) is 12.1 Å². The second-order valence-electron chi connectivity index (χ2n) is 8.11. The van der Waals surface area contributed by atoms with E-state index < -0.39 is 0 Å². The van der Waals surface area contributed by atoms with Gasteiger partial charge in [0.15, 0.2) is 11.5 Å². The summed E-state index contributed by atoms with van der Waals surface area (Å²) in [6.45, 7) is 4.21. The van der Waals surface area contributed by atoms with Crippen molar-refractivity contribution >= 4 is 28.7 Å². The first-order chi connectivity index (χ1) is 15.5. The van der Waals surface area contributed by atoms with Crippen LogP contribution in [0.1, 0.15) is 11.3 Å². The minimum Gasteiger partial charge on any atom is -1.00 e. The van der Waals surface area contributed by atoms with Gasteiger partial charge < -0.3 is 48.0 Å². The Morgan fingerprint density at radius 1 is 0.848 bits per heavy atom. The third kappa shape index (κ3) is 5.19. The van der Waals surface area contributed by atoms with Gasteiger partial charge in [-0.25, -0.2) is 0 Å². The van der Waals surface area contributed by atoms with E-state index in [4.69, 9.17) is 14.2 Å². The number of rotatable bonds is 6. The van der Waals surface area contributed by atoms with Crippen LogP contribution in [0, 0.1) is 0 Å². The van der Waals surface area contributed by atoms with Gasteiger partial charge in [0.2, 0.25) is 17.0 Å². The molecule has 7 heteroatoms. The lowest BCUT2D eigenvalue weighted by Gasteiger charge is -2.34. The topological polar surface area (TPSA) is 38.0 Å². The summed E-state index contributed by atoms with van der Waals surface area (Å²) < 4.78 is 18.7. The number of ether oxygens (including phenoxy) is 3. The Balaban J connectivity index is 0.00000306. The van der Waals surface area contributed by atoms with Crippen LogP contribution in [0.4, 0.5) is 5.69 Å². The Labute approximate surface area is 213 Å². The fourth-order valence-electron chi connectivity index (χ4n) is 4.28. The number of benzene rings is 2. The van der Waals surface area contributed by atoms with Crippen LogP contribution in [0.15, 0.2) is 42.5 Å². The van der Waals surface area contributed by atoms with Gasteiger partial charge in [0, 0.05) is 44.4 Å². The highest BCUT2D eigenvalue weighted by atomic mass is 127. The molecule has 1 aliphatic heterocycles. The normalized spacial score (nSPS) is 14.4. The molecule has 3 aromatic rings. The summed E-state index contributed by atoms with van der Waals surface area (Å²) >= 11 is 0. The Hall–Kier alpha value is -2.52. The molecule has 2 heterocycles. The number of likely N-dealkylation sites (N-methyl/N-ethyl adjacent to an activating group) is 1. The van der Waals surface area contributed by atoms with Crippen LogP contribution in [-0.4, -0.2) is 59.5 Å². The van der Waals surface area contributed by atoms with Gasteiger partial charge in [0.25, 0.3) is 0 Å². The minimum atomic E-state index is 0. The number of para-hydroxylation sites is 1. The van der Waals surface area contributed by atoms with Crippen molar-refractivity contribution < 1.29 is 42.8 Å². The zero-order valence-electron chi connectivity index (χ0n) is 20.0. The predicted octanol–water partition coefficient (Wildman–Crippen LogP) is 0.616. The van der Waals surface area contributed by atoms with Crippen molar-refractivity contribution in [2.45, 2.75) is 0 Å². The van der Waals surface area contributed by atoms with Crippen LogP contribution in [0.5, 0.6) is 17.2 Å². The molecule has 2 aromatic carbocycles. The maximum absolute atomic E-state index is 5.51. The molecule has 1 aromatic heterocycles. The lowest BCUT2D eigenvalue weighted by atomic mass is 10.1. The van der Waals surface area contributed by atoms with Gasteiger partial charge in [0.05, 0.1) is 32.4 Å². The number of methoxy groups -OCH3 is 3. The molecule has 0 amide bonds. The van der Waals surface area contributed by atoms with E-state index in [1.807, 2.05) is 12.1 Å². The van der Waals surface area contributed by atoms with E-state index in [2.05, 4.69) is 70.9 Å². The molecule has 1 aliphatic rings. The van der Waals surface area contributed by atoms with Crippen molar-refractivity contribution in [3.8, 4) is 17.2 Å². The molecule has 0 aliphatic carbocycles. The number of hydrogen-bond donors (Lipinski definition) is 0. The number of aromatic nitrogens is 1. The SMILES string of the molecule is COc1cc(/C=C/c2cc(N3CCN(C)CC3)c3ccccc3[n+]2C)cc(OC)c1OC.[I-]. The highest BCUT2D eigenvalue weighted by Gasteiger charge is 2.21. The standard InChI is InChI=1S/C26H32N3O3.HI/c1-27-12-14-29(15-13-27)23-18-20(28(2)22-9-7-6-8-21(22)23)11-10-19-16-24(30-3)26(32-5)25(17-19)31-4;/h6-11,16-18H,12-15H2,1-5H3;1H/q+1;/p-1/b11-10+;. The van der Waals surface area contributed by atoms with Gasteiger partial charge in [0.1, 0.15) is 7.05 Å². The quantitative estimate of drug-likeness (QED) is 0.326. The summed E-state index contributed by atoms with van der Waals surface area (Å²) in [5.41, 5.74) is 4.62. The first-order valence-corrected chi connectivity index (χ1v) is 10.9. The summed E-state index contributed by atoms with van der Waals surface area (Å²) in [5.74, 6) is 1.89. The van der Waals surface area contributed by atoms with Crippen LogP contribution >= 0.6 is 0 Å². The molecule has 4 rings (SSSR count). The monoisotopic (exact) mass is 561 g/mol. The predicted molar refractivity (Wildman–Crippen MR) is 130 cm³/mol. The first-order valence-electron chi connectivity index (χ1n) is 10.9. The highest BCUT2D eigenvalue weighted by molar-refractivity contribution is 5.91. The number of fused-ring (bicyclic) bond motifs is 1. The average Bonchev–Trinajstić information content (AvgIpc) is 2.83.